The zero-order chi connectivity index (χ0) is 18.8. The molecule has 1 atom stereocenters. The van der Waals surface area contributed by atoms with Gasteiger partial charge in [0.05, 0.1) is 17.1 Å². The van der Waals surface area contributed by atoms with Gasteiger partial charge < -0.3 is 4.74 Å². The van der Waals surface area contributed by atoms with Gasteiger partial charge in [-0.05, 0) is 50.8 Å². The lowest BCUT2D eigenvalue weighted by Gasteiger charge is -2.21. The zero-order valence-corrected chi connectivity index (χ0v) is 15.4. The number of nitrogens with zero attached hydrogens (tertiary/aromatic N) is 2. The fourth-order valence-corrected chi connectivity index (χ4v) is 3.39. The second-order valence-electron chi connectivity index (χ2n) is 7.02. The first-order valence-corrected chi connectivity index (χ1v) is 9.03. The molecule has 142 valence electrons. The number of amides is 2. The normalized spacial score (nSPS) is 17.9. The lowest BCUT2D eigenvalue weighted by atomic mass is 10.1. The Morgan fingerprint density at radius 1 is 1.27 bits per heavy atom. The molecule has 1 aliphatic heterocycles. The van der Waals surface area contributed by atoms with Crippen LogP contribution in [0.15, 0.2) is 23.0 Å². The summed E-state index contributed by atoms with van der Waals surface area (Å²) in [7, 11) is 1.71. The smallest absolute Gasteiger partial charge is 0.329 e. The van der Waals surface area contributed by atoms with Gasteiger partial charge in [0, 0.05) is 21.5 Å². The summed E-state index contributed by atoms with van der Waals surface area (Å²) in [6.45, 7) is 4.73. The molecule has 7 heteroatoms. The van der Waals surface area contributed by atoms with Crippen LogP contribution in [-0.2, 0) is 27.8 Å². The van der Waals surface area contributed by atoms with Crippen LogP contribution in [0.2, 0.25) is 0 Å². The highest BCUT2D eigenvalue weighted by Crippen LogP contribution is 2.24. The van der Waals surface area contributed by atoms with E-state index >= 15 is 0 Å². The van der Waals surface area contributed by atoms with Crippen LogP contribution in [0.4, 0.5) is 0 Å². The van der Waals surface area contributed by atoms with Gasteiger partial charge in [-0.25, -0.2) is 4.79 Å². The summed E-state index contributed by atoms with van der Waals surface area (Å²) < 4.78 is 8.63. The minimum absolute atomic E-state index is 0. The van der Waals surface area contributed by atoms with Crippen molar-refractivity contribution in [2.45, 2.75) is 51.7 Å². The van der Waals surface area contributed by atoms with Crippen molar-refractivity contribution in [3.8, 4) is 0 Å². The first kappa shape index (κ1) is 18.4. The number of fused-ring (bicyclic) bond motifs is 1. The SMILES string of the molecule is CC(C)OCCCc1ccc2c(c1)n(C)c(=O)n2C1CCC(=O)NC1=O.[HH]. The average Bonchev–Trinajstić information content (AvgIpc) is 2.83. The number of rotatable bonds is 6. The number of aryl methyl sites for hydroxylation is 2. The largest absolute Gasteiger partial charge is 0.379 e. The van der Waals surface area contributed by atoms with Crippen LogP contribution in [0.25, 0.3) is 11.0 Å². The third-order valence-corrected chi connectivity index (χ3v) is 4.74. The maximum absolute atomic E-state index is 12.7. The minimum atomic E-state index is -0.644. The molecule has 0 bridgehead atoms. The van der Waals surface area contributed by atoms with Crippen molar-refractivity contribution in [2.24, 2.45) is 7.05 Å². The molecule has 0 spiro atoms. The van der Waals surface area contributed by atoms with Crippen molar-refractivity contribution in [2.75, 3.05) is 6.61 Å². The fraction of sp³-hybridized carbons (Fsp3) is 0.526. The van der Waals surface area contributed by atoms with E-state index in [1.54, 1.807) is 11.6 Å². The van der Waals surface area contributed by atoms with E-state index in [0.29, 0.717) is 18.5 Å². The molecule has 1 saturated heterocycles. The van der Waals surface area contributed by atoms with Gasteiger partial charge in [-0.15, -0.1) is 0 Å². The summed E-state index contributed by atoms with van der Waals surface area (Å²) >= 11 is 0. The number of ether oxygens (including phenoxy) is 1. The summed E-state index contributed by atoms with van der Waals surface area (Å²) in [5, 5.41) is 2.32. The van der Waals surface area contributed by atoms with E-state index in [0.717, 1.165) is 23.9 Å². The van der Waals surface area contributed by atoms with Crippen molar-refractivity contribution in [3.05, 3.63) is 34.2 Å². The van der Waals surface area contributed by atoms with Gasteiger partial charge in [0.2, 0.25) is 11.8 Å². The first-order chi connectivity index (χ1) is 12.4. The molecule has 1 aliphatic rings. The highest BCUT2D eigenvalue weighted by molar-refractivity contribution is 6.00. The third kappa shape index (κ3) is 3.58. The topological polar surface area (TPSA) is 82.3 Å². The molecule has 2 heterocycles. The highest BCUT2D eigenvalue weighted by Gasteiger charge is 2.31. The van der Waals surface area contributed by atoms with Crippen molar-refractivity contribution in [3.63, 3.8) is 0 Å². The summed E-state index contributed by atoms with van der Waals surface area (Å²) in [5.74, 6) is -0.698. The van der Waals surface area contributed by atoms with Crippen molar-refractivity contribution in [1.82, 2.24) is 14.5 Å². The lowest BCUT2D eigenvalue weighted by molar-refractivity contribution is -0.135. The van der Waals surface area contributed by atoms with Crippen LogP contribution < -0.4 is 11.0 Å². The van der Waals surface area contributed by atoms with E-state index in [1.807, 2.05) is 32.0 Å². The number of imide groups is 1. The minimum Gasteiger partial charge on any atom is -0.379 e. The van der Waals surface area contributed by atoms with E-state index in [-0.39, 0.29) is 25.5 Å². The molecule has 2 amide bonds. The van der Waals surface area contributed by atoms with Gasteiger partial charge in [-0.3, -0.25) is 24.0 Å². The molecule has 0 aliphatic carbocycles. The van der Waals surface area contributed by atoms with Crippen LogP contribution in [0.3, 0.4) is 0 Å². The van der Waals surface area contributed by atoms with Crippen LogP contribution in [-0.4, -0.2) is 33.7 Å². The Morgan fingerprint density at radius 3 is 2.73 bits per heavy atom. The molecule has 26 heavy (non-hydrogen) atoms. The summed E-state index contributed by atoms with van der Waals surface area (Å²) in [6.07, 6.45) is 2.58. The van der Waals surface area contributed by atoms with Gasteiger partial charge >= 0.3 is 5.69 Å². The number of aromatic nitrogens is 2. The summed E-state index contributed by atoms with van der Waals surface area (Å²) in [4.78, 5) is 36.3. The number of nitrogens with one attached hydrogen (secondary N) is 1. The maximum Gasteiger partial charge on any atom is 0.329 e. The second-order valence-corrected chi connectivity index (χ2v) is 7.02. The third-order valence-electron chi connectivity index (χ3n) is 4.74. The quantitative estimate of drug-likeness (QED) is 0.629. The second kappa shape index (κ2) is 7.45. The molecule has 1 fully saturated rings. The standard InChI is InChI=1S/C19H25N3O4.H2/c1-12(2)26-10-4-5-13-6-7-14-16(11-13)21(3)19(25)22(14)15-8-9-17(23)20-18(15)24;/h6-7,11-12,15H,4-5,8-10H2,1-3H3,(H,20,23,24);1H. The van der Waals surface area contributed by atoms with E-state index in [2.05, 4.69) is 5.32 Å². The van der Waals surface area contributed by atoms with Crippen molar-refractivity contribution < 1.29 is 15.8 Å². The Labute approximate surface area is 153 Å². The van der Waals surface area contributed by atoms with E-state index < -0.39 is 11.9 Å². The van der Waals surface area contributed by atoms with E-state index in [4.69, 9.17) is 4.74 Å². The van der Waals surface area contributed by atoms with Gasteiger partial charge in [0.25, 0.3) is 0 Å². The summed E-state index contributed by atoms with van der Waals surface area (Å²) in [5.41, 5.74) is 2.40. The Bertz CT molecular complexity index is 900. The van der Waals surface area contributed by atoms with Crippen molar-refractivity contribution >= 4 is 22.8 Å². The molecule has 0 saturated carbocycles. The van der Waals surface area contributed by atoms with Crippen molar-refractivity contribution in [1.29, 1.82) is 0 Å². The predicted molar refractivity (Wildman–Crippen MR) is 100 cm³/mol. The molecule has 0 radical (unpaired) electrons. The Kier molecular flexibility index (Phi) is 5.27. The molecule has 2 aromatic rings. The van der Waals surface area contributed by atoms with Gasteiger partial charge in [0.1, 0.15) is 6.04 Å². The predicted octanol–water partition coefficient (Wildman–Crippen LogP) is 1.92. The molecule has 1 aromatic carbocycles. The summed E-state index contributed by atoms with van der Waals surface area (Å²) in [6, 6.07) is 5.22. The van der Waals surface area contributed by atoms with Crippen LogP contribution >= 0.6 is 0 Å². The molecule has 1 aromatic heterocycles. The first-order valence-electron chi connectivity index (χ1n) is 9.03. The van der Waals surface area contributed by atoms with Gasteiger partial charge in [0.15, 0.2) is 0 Å². The molecule has 1 N–H and O–H groups in total. The van der Waals surface area contributed by atoms with Crippen LogP contribution in [0.5, 0.6) is 0 Å². The molecule has 1 unspecified atom stereocenters. The Hall–Kier alpha value is -2.41. The molecular formula is C19H27N3O4. The monoisotopic (exact) mass is 361 g/mol. The molecule has 7 nitrogen and oxygen atoms in total. The van der Waals surface area contributed by atoms with E-state index in [1.165, 1.54) is 4.57 Å². The average molecular weight is 361 g/mol. The number of carbonyl (C=O) groups excluding carboxylic acids is 2. The van der Waals surface area contributed by atoms with Crippen LogP contribution in [0.1, 0.15) is 46.1 Å². The Morgan fingerprint density at radius 2 is 2.04 bits per heavy atom. The number of hydrogen-bond acceptors (Lipinski definition) is 4. The van der Waals surface area contributed by atoms with Gasteiger partial charge in [-0.2, -0.15) is 0 Å². The number of hydrogen-bond donors (Lipinski definition) is 1. The zero-order valence-electron chi connectivity index (χ0n) is 15.4. The lowest BCUT2D eigenvalue weighted by Crippen LogP contribution is -2.44. The van der Waals surface area contributed by atoms with Crippen LogP contribution in [0, 0.1) is 0 Å². The van der Waals surface area contributed by atoms with E-state index in [9.17, 15) is 14.4 Å². The fourth-order valence-electron chi connectivity index (χ4n) is 3.39. The molecule has 3 rings (SSSR count). The Balaban J connectivity index is 0.00000261. The van der Waals surface area contributed by atoms with Gasteiger partial charge in [-0.1, -0.05) is 6.07 Å². The number of piperidine rings is 1. The molecular weight excluding hydrogens is 334 g/mol. The highest BCUT2D eigenvalue weighted by atomic mass is 16.5. The maximum atomic E-state index is 12.7. The number of benzene rings is 1. The number of imidazole rings is 1. The number of carbonyl (C=O) groups is 2.